The number of benzene rings is 2. The molecule has 1 heterocycles. The number of carboxylic acid groups (broad SMARTS) is 1. The molecule has 0 bridgehead atoms. The molecule has 0 aliphatic carbocycles. The summed E-state index contributed by atoms with van der Waals surface area (Å²) in [6.07, 6.45) is -3.97. The number of carbonyl (C=O) groups excluding carboxylic acids is 1. The molecule has 0 aliphatic rings. The van der Waals surface area contributed by atoms with E-state index in [2.05, 4.69) is 5.32 Å². The Kier molecular flexibility index (Phi) is 5.18. The van der Waals surface area contributed by atoms with Gasteiger partial charge >= 0.3 is 12.1 Å². The fraction of sp³-hybridized carbons (Fsp3) is 0.158. The number of nitrogens with one attached hydrogen (secondary N) is 1. The van der Waals surface area contributed by atoms with Crippen molar-refractivity contribution in [2.75, 3.05) is 5.32 Å². The van der Waals surface area contributed by atoms with Gasteiger partial charge < -0.3 is 10.4 Å². The van der Waals surface area contributed by atoms with Gasteiger partial charge in [-0.25, -0.2) is 0 Å². The summed E-state index contributed by atoms with van der Waals surface area (Å²) in [7, 11) is 0. The maximum atomic E-state index is 12.6. The normalized spacial score (nSPS) is 11.5. The Labute approximate surface area is 156 Å². The fourth-order valence-corrected chi connectivity index (χ4v) is 3.59. The molecule has 1 amide bonds. The first-order chi connectivity index (χ1) is 12.7. The molecule has 0 saturated heterocycles. The highest BCUT2D eigenvalue weighted by molar-refractivity contribution is 7.19. The van der Waals surface area contributed by atoms with Crippen LogP contribution in [0.3, 0.4) is 0 Å². The monoisotopic (exact) mass is 393 g/mol. The summed E-state index contributed by atoms with van der Waals surface area (Å²) >= 11 is 1.48. The van der Waals surface area contributed by atoms with Gasteiger partial charge in [-0.1, -0.05) is 0 Å². The first-order valence-corrected chi connectivity index (χ1v) is 8.77. The van der Waals surface area contributed by atoms with Gasteiger partial charge in [0, 0.05) is 20.8 Å². The van der Waals surface area contributed by atoms with Crippen LogP contribution >= 0.6 is 11.3 Å². The average Bonchev–Trinajstić information content (AvgIpc) is 3.01. The van der Waals surface area contributed by atoms with Crippen LogP contribution < -0.4 is 5.32 Å². The predicted octanol–water partition coefficient (Wildman–Crippen LogP) is 5.19. The van der Waals surface area contributed by atoms with Crippen LogP contribution in [0, 0.1) is 0 Å². The van der Waals surface area contributed by atoms with E-state index in [1.165, 1.54) is 11.3 Å². The third-order valence-corrected chi connectivity index (χ3v) is 5.06. The number of carboxylic acids is 1. The first-order valence-electron chi connectivity index (χ1n) is 7.95. The Morgan fingerprint density at radius 2 is 1.74 bits per heavy atom. The van der Waals surface area contributed by atoms with Crippen LogP contribution in [0.2, 0.25) is 0 Å². The molecular weight excluding hydrogens is 379 g/mol. The molecule has 4 nitrogen and oxygen atoms in total. The summed E-state index contributed by atoms with van der Waals surface area (Å²) in [6, 6.07) is 11.1. The summed E-state index contributed by atoms with van der Waals surface area (Å²) in [5, 5.41) is 12.3. The number of hydrogen-bond donors (Lipinski definition) is 2. The molecule has 0 radical (unpaired) electrons. The Morgan fingerprint density at radius 1 is 1.04 bits per heavy atom. The highest BCUT2D eigenvalue weighted by Gasteiger charge is 2.30. The standard InChI is InChI=1S/C19H14F3NO3S/c20-19(21,22)13-3-1-11(2-4-13)18(26)23-14-5-7-16-12(9-14)10-15(27-16)6-8-17(24)25/h1-5,7,9-10H,6,8H2,(H,23,26)(H,24,25). The molecule has 0 atom stereocenters. The third-order valence-electron chi connectivity index (χ3n) is 3.88. The number of fused-ring (bicyclic) bond motifs is 1. The van der Waals surface area contributed by atoms with Gasteiger partial charge in [-0.3, -0.25) is 9.59 Å². The molecule has 140 valence electrons. The minimum absolute atomic E-state index is 0.0460. The number of amides is 1. The molecule has 3 aromatic rings. The van der Waals surface area contributed by atoms with Crippen molar-refractivity contribution in [1.82, 2.24) is 0 Å². The summed E-state index contributed by atoms with van der Waals surface area (Å²) in [5.41, 5.74) is -0.182. The van der Waals surface area contributed by atoms with Gasteiger partial charge in [0.1, 0.15) is 0 Å². The van der Waals surface area contributed by atoms with Crippen LogP contribution in [0.5, 0.6) is 0 Å². The van der Waals surface area contributed by atoms with Crippen molar-refractivity contribution in [3.05, 3.63) is 64.5 Å². The summed E-state index contributed by atoms with van der Waals surface area (Å²) in [5.74, 6) is -1.37. The summed E-state index contributed by atoms with van der Waals surface area (Å²) in [4.78, 5) is 23.8. The van der Waals surface area contributed by atoms with Crippen molar-refractivity contribution < 1.29 is 27.9 Å². The van der Waals surface area contributed by atoms with E-state index < -0.39 is 23.6 Å². The molecule has 2 aromatic carbocycles. The van der Waals surface area contributed by atoms with Crippen molar-refractivity contribution in [3.63, 3.8) is 0 Å². The third kappa shape index (κ3) is 4.65. The summed E-state index contributed by atoms with van der Waals surface area (Å²) in [6.45, 7) is 0. The van der Waals surface area contributed by atoms with E-state index >= 15 is 0 Å². The van der Waals surface area contributed by atoms with E-state index in [0.29, 0.717) is 12.1 Å². The number of alkyl halides is 3. The fourth-order valence-electron chi connectivity index (χ4n) is 2.54. The number of anilines is 1. The first kappa shape index (κ1) is 18.9. The lowest BCUT2D eigenvalue weighted by molar-refractivity contribution is -0.138. The number of halogens is 3. The molecule has 0 spiro atoms. The number of aryl methyl sites for hydroxylation is 1. The molecule has 0 saturated carbocycles. The van der Waals surface area contributed by atoms with E-state index in [4.69, 9.17) is 5.11 Å². The molecule has 8 heteroatoms. The van der Waals surface area contributed by atoms with E-state index in [9.17, 15) is 22.8 Å². The van der Waals surface area contributed by atoms with Crippen LogP contribution in [-0.2, 0) is 17.4 Å². The maximum absolute atomic E-state index is 12.6. The molecule has 0 aliphatic heterocycles. The molecule has 2 N–H and O–H groups in total. The Balaban J connectivity index is 1.73. The Hall–Kier alpha value is -2.87. The smallest absolute Gasteiger partial charge is 0.416 e. The highest BCUT2D eigenvalue weighted by atomic mass is 32.1. The molecular formula is C19H14F3NO3S. The number of thiophene rings is 1. The predicted molar refractivity (Wildman–Crippen MR) is 97.2 cm³/mol. The maximum Gasteiger partial charge on any atom is 0.416 e. The van der Waals surface area contributed by atoms with Crippen LogP contribution in [0.15, 0.2) is 48.5 Å². The van der Waals surface area contributed by atoms with Gasteiger partial charge in [0.05, 0.1) is 12.0 Å². The van der Waals surface area contributed by atoms with Crippen molar-refractivity contribution in [2.24, 2.45) is 0 Å². The quantitative estimate of drug-likeness (QED) is 0.627. The molecule has 3 rings (SSSR count). The lowest BCUT2D eigenvalue weighted by atomic mass is 10.1. The van der Waals surface area contributed by atoms with E-state index in [0.717, 1.165) is 39.2 Å². The number of hydrogen-bond acceptors (Lipinski definition) is 3. The van der Waals surface area contributed by atoms with E-state index in [-0.39, 0.29) is 12.0 Å². The number of rotatable bonds is 5. The second-order valence-corrected chi connectivity index (χ2v) is 7.06. The zero-order chi connectivity index (χ0) is 19.6. The zero-order valence-corrected chi connectivity index (χ0v) is 14.7. The zero-order valence-electron chi connectivity index (χ0n) is 13.8. The lowest BCUT2D eigenvalue weighted by Crippen LogP contribution is -2.12. The summed E-state index contributed by atoms with van der Waals surface area (Å²) < 4.78 is 38.7. The van der Waals surface area contributed by atoms with Crippen LogP contribution in [-0.4, -0.2) is 17.0 Å². The van der Waals surface area contributed by atoms with Gasteiger partial charge in [-0.15, -0.1) is 11.3 Å². The van der Waals surface area contributed by atoms with Crippen molar-refractivity contribution >= 4 is 39.0 Å². The van der Waals surface area contributed by atoms with Crippen molar-refractivity contribution in [2.45, 2.75) is 19.0 Å². The number of carbonyl (C=O) groups is 2. The van der Waals surface area contributed by atoms with E-state index in [1.54, 1.807) is 12.1 Å². The highest BCUT2D eigenvalue weighted by Crippen LogP contribution is 2.30. The SMILES string of the molecule is O=C(O)CCc1cc2cc(NC(=O)c3ccc(C(F)(F)F)cc3)ccc2s1. The van der Waals surface area contributed by atoms with Gasteiger partial charge in [0.15, 0.2) is 0 Å². The minimum atomic E-state index is -4.45. The number of aliphatic carboxylic acids is 1. The Bertz CT molecular complexity index is 994. The lowest BCUT2D eigenvalue weighted by Gasteiger charge is -2.08. The van der Waals surface area contributed by atoms with Gasteiger partial charge in [0.25, 0.3) is 5.91 Å². The second-order valence-electron chi connectivity index (χ2n) is 5.89. The van der Waals surface area contributed by atoms with Crippen molar-refractivity contribution in [1.29, 1.82) is 0 Å². The largest absolute Gasteiger partial charge is 0.481 e. The Morgan fingerprint density at radius 3 is 2.37 bits per heavy atom. The van der Waals surface area contributed by atoms with Crippen molar-refractivity contribution in [3.8, 4) is 0 Å². The molecule has 0 unspecified atom stereocenters. The molecule has 27 heavy (non-hydrogen) atoms. The second kappa shape index (κ2) is 7.40. The average molecular weight is 393 g/mol. The molecule has 1 aromatic heterocycles. The minimum Gasteiger partial charge on any atom is -0.481 e. The van der Waals surface area contributed by atoms with Crippen LogP contribution in [0.1, 0.15) is 27.2 Å². The van der Waals surface area contributed by atoms with Crippen LogP contribution in [0.4, 0.5) is 18.9 Å². The van der Waals surface area contributed by atoms with Gasteiger partial charge in [0.2, 0.25) is 0 Å². The van der Waals surface area contributed by atoms with Gasteiger partial charge in [-0.05, 0) is 60.3 Å². The molecule has 0 fully saturated rings. The topological polar surface area (TPSA) is 66.4 Å². The van der Waals surface area contributed by atoms with E-state index in [1.807, 2.05) is 12.1 Å². The van der Waals surface area contributed by atoms with Crippen LogP contribution in [0.25, 0.3) is 10.1 Å². The van der Waals surface area contributed by atoms with Gasteiger partial charge in [-0.2, -0.15) is 13.2 Å².